The maximum atomic E-state index is 12.5. The standard InChI is InChI=1S/C22H22IN5O2S/c1-3-13-28-20(15(2)24-21(30)16-7-5-4-6-8-16)26-27-22(28)31-14-19(29)25-18-11-9-17(23)10-12-18/h3-12,15H,1,13-14H2,2H3,(H,24,30)(H,25,29)/t15-/m0/s1. The molecule has 7 nitrogen and oxygen atoms in total. The number of anilines is 1. The van der Waals surface area contributed by atoms with Crippen LogP contribution in [0.5, 0.6) is 0 Å². The fraction of sp³-hybridized carbons (Fsp3) is 0.182. The molecule has 2 amide bonds. The Morgan fingerprint density at radius 3 is 2.55 bits per heavy atom. The smallest absolute Gasteiger partial charge is 0.251 e. The molecule has 2 N–H and O–H groups in total. The highest BCUT2D eigenvalue weighted by Gasteiger charge is 2.20. The predicted molar refractivity (Wildman–Crippen MR) is 131 cm³/mol. The Kier molecular flexibility index (Phi) is 8.24. The molecule has 0 fully saturated rings. The largest absolute Gasteiger partial charge is 0.342 e. The van der Waals surface area contributed by atoms with Crippen molar-refractivity contribution in [2.75, 3.05) is 11.1 Å². The Hall–Kier alpha value is -2.66. The molecule has 0 bridgehead atoms. The zero-order valence-corrected chi connectivity index (χ0v) is 19.9. The van der Waals surface area contributed by atoms with Gasteiger partial charge in [-0.2, -0.15) is 0 Å². The summed E-state index contributed by atoms with van der Waals surface area (Å²) in [5, 5.41) is 14.9. The topological polar surface area (TPSA) is 88.9 Å². The van der Waals surface area contributed by atoms with E-state index in [1.807, 2.05) is 54.0 Å². The number of amides is 2. The molecular weight excluding hydrogens is 525 g/mol. The number of hydrogen-bond donors (Lipinski definition) is 2. The first kappa shape index (κ1) is 23.0. The Morgan fingerprint density at radius 2 is 1.87 bits per heavy atom. The summed E-state index contributed by atoms with van der Waals surface area (Å²) >= 11 is 3.50. The van der Waals surface area contributed by atoms with Crippen molar-refractivity contribution in [3.05, 3.63) is 82.2 Å². The first-order valence-corrected chi connectivity index (χ1v) is 11.6. The second kappa shape index (κ2) is 11.1. The average molecular weight is 547 g/mol. The lowest BCUT2D eigenvalue weighted by Gasteiger charge is -2.15. The summed E-state index contributed by atoms with van der Waals surface area (Å²) in [6, 6.07) is 16.2. The minimum atomic E-state index is -0.366. The number of allylic oxidation sites excluding steroid dienone is 1. The van der Waals surface area contributed by atoms with Gasteiger partial charge in [0.1, 0.15) is 0 Å². The quantitative estimate of drug-likeness (QED) is 0.237. The number of aromatic nitrogens is 3. The fourth-order valence-corrected chi connectivity index (χ4v) is 3.94. The lowest BCUT2D eigenvalue weighted by atomic mass is 10.2. The summed E-state index contributed by atoms with van der Waals surface area (Å²) in [7, 11) is 0. The van der Waals surface area contributed by atoms with Crippen molar-refractivity contribution in [1.29, 1.82) is 0 Å². The number of carbonyl (C=O) groups is 2. The molecule has 2 aromatic carbocycles. The number of nitrogens with zero attached hydrogens (tertiary/aromatic N) is 3. The highest BCUT2D eigenvalue weighted by Crippen LogP contribution is 2.21. The molecule has 1 atom stereocenters. The van der Waals surface area contributed by atoms with Gasteiger partial charge in [0.15, 0.2) is 11.0 Å². The second-order valence-electron chi connectivity index (χ2n) is 6.64. The van der Waals surface area contributed by atoms with Gasteiger partial charge in [-0.1, -0.05) is 36.0 Å². The first-order valence-electron chi connectivity index (χ1n) is 9.56. The fourth-order valence-electron chi connectivity index (χ4n) is 2.82. The van der Waals surface area contributed by atoms with Crippen LogP contribution in [0.1, 0.15) is 29.1 Å². The molecule has 1 aromatic heterocycles. The third-order valence-electron chi connectivity index (χ3n) is 4.29. The zero-order chi connectivity index (χ0) is 22.2. The summed E-state index contributed by atoms with van der Waals surface area (Å²) in [5.74, 6) is 0.467. The van der Waals surface area contributed by atoms with E-state index in [0.29, 0.717) is 23.1 Å². The van der Waals surface area contributed by atoms with Crippen LogP contribution in [0.4, 0.5) is 5.69 Å². The van der Waals surface area contributed by atoms with Crippen LogP contribution in [0, 0.1) is 3.57 Å². The molecule has 1 heterocycles. The van der Waals surface area contributed by atoms with E-state index >= 15 is 0 Å². The highest BCUT2D eigenvalue weighted by atomic mass is 127. The molecule has 0 aliphatic rings. The number of nitrogens with one attached hydrogen (secondary N) is 2. The second-order valence-corrected chi connectivity index (χ2v) is 8.83. The highest BCUT2D eigenvalue weighted by molar-refractivity contribution is 14.1. The van der Waals surface area contributed by atoms with E-state index in [9.17, 15) is 9.59 Å². The molecule has 0 spiro atoms. The minimum Gasteiger partial charge on any atom is -0.342 e. The van der Waals surface area contributed by atoms with E-state index in [1.165, 1.54) is 11.8 Å². The molecular formula is C22H22IN5O2S. The maximum absolute atomic E-state index is 12.5. The number of benzene rings is 2. The summed E-state index contributed by atoms with van der Waals surface area (Å²) in [4.78, 5) is 24.8. The zero-order valence-electron chi connectivity index (χ0n) is 16.9. The van der Waals surface area contributed by atoms with Crippen molar-refractivity contribution in [3.63, 3.8) is 0 Å². The van der Waals surface area contributed by atoms with Crippen LogP contribution in [-0.2, 0) is 11.3 Å². The van der Waals surface area contributed by atoms with Crippen LogP contribution in [0.3, 0.4) is 0 Å². The van der Waals surface area contributed by atoms with Crippen molar-refractivity contribution < 1.29 is 9.59 Å². The number of halogens is 1. The van der Waals surface area contributed by atoms with Crippen LogP contribution in [0.2, 0.25) is 0 Å². The Labute approximate surface area is 198 Å². The molecule has 9 heteroatoms. The normalized spacial score (nSPS) is 11.5. The van der Waals surface area contributed by atoms with Gasteiger partial charge in [0.25, 0.3) is 5.91 Å². The summed E-state index contributed by atoms with van der Waals surface area (Å²) in [5.41, 5.74) is 1.32. The van der Waals surface area contributed by atoms with Gasteiger partial charge in [0, 0.05) is 21.4 Å². The van der Waals surface area contributed by atoms with Gasteiger partial charge >= 0.3 is 0 Å². The van der Waals surface area contributed by atoms with Crippen LogP contribution in [0.25, 0.3) is 0 Å². The van der Waals surface area contributed by atoms with Crippen molar-refractivity contribution in [2.24, 2.45) is 0 Å². The van der Waals surface area contributed by atoms with Crippen molar-refractivity contribution in [2.45, 2.75) is 24.7 Å². The van der Waals surface area contributed by atoms with Gasteiger partial charge in [-0.25, -0.2) is 0 Å². The van der Waals surface area contributed by atoms with Crippen molar-refractivity contribution in [3.8, 4) is 0 Å². The van der Waals surface area contributed by atoms with E-state index in [1.54, 1.807) is 18.2 Å². The van der Waals surface area contributed by atoms with E-state index in [0.717, 1.165) is 9.26 Å². The third kappa shape index (κ3) is 6.41. The van der Waals surface area contributed by atoms with Crippen LogP contribution >= 0.6 is 34.4 Å². The predicted octanol–water partition coefficient (Wildman–Crippen LogP) is 4.29. The summed E-state index contributed by atoms with van der Waals surface area (Å²) in [6.07, 6.45) is 1.73. The molecule has 3 rings (SSSR count). The minimum absolute atomic E-state index is 0.133. The van der Waals surface area contributed by atoms with Crippen LogP contribution in [-0.4, -0.2) is 32.3 Å². The van der Waals surface area contributed by atoms with Gasteiger partial charge in [0.05, 0.1) is 11.8 Å². The lowest BCUT2D eigenvalue weighted by Crippen LogP contribution is -2.28. The molecule has 0 saturated carbocycles. The monoisotopic (exact) mass is 547 g/mol. The average Bonchev–Trinajstić information content (AvgIpc) is 3.17. The Morgan fingerprint density at radius 1 is 1.16 bits per heavy atom. The Bertz CT molecular complexity index is 1050. The summed E-state index contributed by atoms with van der Waals surface area (Å²) < 4.78 is 2.95. The third-order valence-corrected chi connectivity index (χ3v) is 5.97. The SMILES string of the molecule is C=CCn1c(SCC(=O)Nc2ccc(I)cc2)nnc1[C@H](C)NC(=O)c1ccccc1. The van der Waals surface area contributed by atoms with Crippen LogP contribution in [0.15, 0.2) is 72.4 Å². The van der Waals surface area contributed by atoms with E-state index in [-0.39, 0.29) is 23.6 Å². The van der Waals surface area contributed by atoms with Crippen molar-refractivity contribution >= 4 is 51.9 Å². The molecule has 0 radical (unpaired) electrons. The molecule has 0 unspecified atom stereocenters. The number of carbonyl (C=O) groups excluding carboxylic acids is 2. The van der Waals surface area contributed by atoms with E-state index < -0.39 is 0 Å². The Balaban J connectivity index is 1.65. The molecule has 0 aliphatic carbocycles. The molecule has 160 valence electrons. The van der Waals surface area contributed by atoms with Crippen molar-refractivity contribution in [1.82, 2.24) is 20.1 Å². The molecule has 3 aromatic rings. The molecule has 31 heavy (non-hydrogen) atoms. The maximum Gasteiger partial charge on any atom is 0.251 e. The van der Waals surface area contributed by atoms with E-state index in [4.69, 9.17) is 0 Å². The molecule has 0 aliphatic heterocycles. The number of hydrogen-bond acceptors (Lipinski definition) is 5. The van der Waals surface area contributed by atoms with Gasteiger partial charge in [-0.3, -0.25) is 9.59 Å². The van der Waals surface area contributed by atoms with E-state index in [2.05, 4.69) is 50.0 Å². The van der Waals surface area contributed by atoms with Gasteiger partial charge in [-0.05, 0) is 65.9 Å². The lowest BCUT2D eigenvalue weighted by molar-refractivity contribution is -0.113. The first-order chi connectivity index (χ1) is 15.0. The van der Waals surface area contributed by atoms with Crippen LogP contribution < -0.4 is 10.6 Å². The number of thioether (sulfide) groups is 1. The summed E-state index contributed by atoms with van der Waals surface area (Å²) in [6.45, 7) is 6.11. The number of rotatable bonds is 9. The van der Waals surface area contributed by atoms with Gasteiger partial charge < -0.3 is 15.2 Å². The molecule has 0 saturated heterocycles. The van der Waals surface area contributed by atoms with Gasteiger partial charge in [-0.15, -0.1) is 16.8 Å². The van der Waals surface area contributed by atoms with Gasteiger partial charge in [0.2, 0.25) is 5.91 Å².